The van der Waals surface area contributed by atoms with Crippen molar-refractivity contribution in [3.63, 3.8) is 0 Å². The van der Waals surface area contributed by atoms with Crippen molar-refractivity contribution >= 4 is 27.6 Å². The number of sulfonamides is 1. The second-order valence-corrected chi connectivity index (χ2v) is 9.14. The van der Waals surface area contributed by atoms with Crippen molar-refractivity contribution < 1.29 is 22.7 Å². The number of nitrogens with zero attached hydrogens (tertiary/aromatic N) is 1. The first-order valence-corrected chi connectivity index (χ1v) is 11.6. The van der Waals surface area contributed by atoms with E-state index in [0.717, 1.165) is 9.87 Å². The molecule has 0 aliphatic carbocycles. The van der Waals surface area contributed by atoms with Crippen molar-refractivity contribution in [1.82, 2.24) is 0 Å². The van der Waals surface area contributed by atoms with Gasteiger partial charge in [-0.3, -0.25) is 9.59 Å². The second-order valence-electron chi connectivity index (χ2n) is 7.35. The summed E-state index contributed by atoms with van der Waals surface area (Å²) >= 11 is 0. The molecule has 2 aromatic carbocycles. The smallest absolute Gasteiger partial charge is 0.311 e. The van der Waals surface area contributed by atoms with E-state index >= 15 is 0 Å². The molecule has 0 aliphatic heterocycles. The minimum Gasteiger partial charge on any atom is -0.427 e. The van der Waals surface area contributed by atoms with Gasteiger partial charge in [-0.15, -0.1) is 0 Å². The topological polar surface area (TPSA) is 80.8 Å². The van der Waals surface area contributed by atoms with E-state index in [1.165, 1.54) is 36.4 Å². The van der Waals surface area contributed by atoms with E-state index in [9.17, 15) is 18.0 Å². The molecule has 0 unspecified atom stereocenters. The van der Waals surface area contributed by atoms with Crippen molar-refractivity contribution in [3.05, 3.63) is 54.1 Å². The van der Waals surface area contributed by atoms with Crippen LogP contribution in [0.4, 0.5) is 5.69 Å². The third kappa shape index (κ3) is 5.69. The number of hydrogen-bond acceptors (Lipinski definition) is 5. The van der Waals surface area contributed by atoms with Crippen LogP contribution in [0.5, 0.6) is 5.75 Å². The maximum Gasteiger partial charge on any atom is 0.311 e. The zero-order valence-corrected chi connectivity index (χ0v) is 18.7. The minimum atomic E-state index is -4.09. The zero-order valence-electron chi connectivity index (χ0n) is 17.9. The van der Waals surface area contributed by atoms with Gasteiger partial charge in [0.05, 0.1) is 10.6 Å². The van der Waals surface area contributed by atoms with E-state index in [2.05, 4.69) is 0 Å². The normalized spacial score (nSPS) is 11.4. The van der Waals surface area contributed by atoms with Gasteiger partial charge in [0.1, 0.15) is 5.75 Å². The van der Waals surface area contributed by atoms with E-state index in [1.807, 2.05) is 27.7 Å². The molecule has 2 aromatic rings. The Hall–Kier alpha value is -2.67. The molecule has 0 fully saturated rings. The summed E-state index contributed by atoms with van der Waals surface area (Å²) in [4.78, 5) is 24.5. The summed E-state index contributed by atoms with van der Waals surface area (Å²) < 4.78 is 32.6. The largest absolute Gasteiger partial charge is 0.427 e. The second kappa shape index (κ2) is 10.4. The fourth-order valence-electron chi connectivity index (χ4n) is 2.90. The quantitative estimate of drug-likeness (QED) is 0.410. The zero-order chi connectivity index (χ0) is 22.3. The van der Waals surface area contributed by atoms with Crippen LogP contribution in [0, 0.1) is 0 Å². The highest BCUT2D eigenvalue weighted by molar-refractivity contribution is 7.93. The van der Waals surface area contributed by atoms with Crippen molar-refractivity contribution in [2.24, 2.45) is 0 Å². The predicted molar refractivity (Wildman–Crippen MR) is 117 cm³/mol. The standard InChI is InChI=1S/C23H29NO5S/c1-5-7-22(25)24(19-11-13-20(14-12-19)29-23(26)8-6-2)30(27,28)21-15-9-18(10-16-21)17(3)4/h9-17H,5-8H2,1-4H3. The number of esters is 1. The third-order valence-electron chi connectivity index (χ3n) is 4.53. The minimum absolute atomic E-state index is 0.0507. The average Bonchev–Trinajstić information content (AvgIpc) is 2.70. The molecule has 0 spiro atoms. The maximum absolute atomic E-state index is 13.3. The lowest BCUT2D eigenvalue weighted by Gasteiger charge is -2.23. The SMILES string of the molecule is CCCC(=O)Oc1ccc(N(C(=O)CCC)S(=O)(=O)c2ccc(C(C)C)cc2)cc1. The highest BCUT2D eigenvalue weighted by Gasteiger charge is 2.30. The van der Waals surface area contributed by atoms with Crippen LogP contribution >= 0.6 is 0 Å². The van der Waals surface area contributed by atoms with Gasteiger partial charge in [0, 0.05) is 12.8 Å². The molecule has 0 bridgehead atoms. The molecule has 0 saturated heterocycles. The highest BCUT2D eigenvalue weighted by Crippen LogP contribution is 2.28. The molecule has 2 rings (SSSR count). The molecule has 162 valence electrons. The van der Waals surface area contributed by atoms with Crippen molar-refractivity contribution in [1.29, 1.82) is 0 Å². The molecule has 0 heterocycles. The fraction of sp³-hybridized carbons (Fsp3) is 0.391. The molecule has 0 saturated carbocycles. The van der Waals surface area contributed by atoms with Crippen LogP contribution in [-0.4, -0.2) is 20.3 Å². The molecule has 0 radical (unpaired) electrons. The van der Waals surface area contributed by atoms with Gasteiger partial charge < -0.3 is 4.74 Å². The molecular weight excluding hydrogens is 402 g/mol. The van der Waals surface area contributed by atoms with Gasteiger partial charge in [-0.25, -0.2) is 12.7 Å². The Morgan fingerprint density at radius 3 is 1.97 bits per heavy atom. The molecular formula is C23H29NO5S. The van der Waals surface area contributed by atoms with Crippen LogP contribution in [0.2, 0.25) is 0 Å². The molecule has 0 aromatic heterocycles. The van der Waals surface area contributed by atoms with Crippen LogP contribution in [0.15, 0.2) is 53.4 Å². The molecule has 1 amide bonds. The lowest BCUT2D eigenvalue weighted by atomic mass is 10.0. The Bertz CT molecular complexity index is 964. The number of carbonyl (C=O) groups excluding carboxylic acids is 2. The number of ether oxygens (including phenoxy) is 1. The Morgan fingerprint density at radius 1 is 0.900 bits per heavy atom. The predicted octanol–water partition coefficient (Wildman–Crippen LogP) is 5.04. The summed E-state index contributed by atoms with van der Waals surface area (Å²) in [6.07, 6.45) is 1.58. The van der Waals surface area contributed by atoms with Gasteiger partial charge in [-0.2, -0.15) is 0 Å². The van der Waals surface area contributed by atoms with Gasteiger partial charge in [0.25, 0.3) is 10.0 Å². The van der Waals surface area contributed by atoms with Crippen LogP contribution in [-0.2, 0) is 19.6 Å². The van der Waals surface area contributed by atoms with Crippen molar-refractivity contribution in [2.45, 2.75) is 64.2 Å². The Morgan fingerprint density at radius 2 is 1.47 bits per heavy atom. The Kier molecular flexibility index (Phi) is 8.17. The number of hydrogen-bond donors (Lipinski definition) is 0. The van der Waals surface area contributed by atoms with Crippen LogP contribution in [0.3, 0.4) is 0 Å². The average molecular weight is 432 g/mol. The van der Waals surface area contributed by atoms with Gasteiger partial charge in [-0.05, 0) is 60.7 Å². The first kappa shape index (κ1) is 23.6. The van der Waals surface area contributed by atoms with Gasteiger partial charge in [0.15, 0.2) is 0 Å². The molecule has 0 aliphatic rings. The van der Waals surface area contributed by atoms with Crippen LogP contribution < -0.4 is 9.04 Å². The Labute approximate surface area is 178 Å². The monoisotopic (exact) mass is 431 g/mol. The number of amides is 1. The van der Waals surface area contributed by atoms with E-state index in [1.54, 1.807) is 12.1 Å². The lowest BCUT2D eigenvalue weighted by Crippen LogP contribution is -2.36. The molecule has 30 heavy (non-hydrogen) atoms. The lowest BCUT2D eigenvalue weighted by molar-refractivity contribution is -0.134. The summed E-state index contributed by atoms with van der Waals surface area (Å²) in [5.74, 6) is -0.301. The van der Waals surface area contributed by atoms with Crippen molar-refractivity contribution in [2.75, 3.05) is 4.31 Å². The Balaban J connectivity index is 2.40. The number of benzene rings is 2. The van der Waals surface area contributed by atoms with Crippen LogP contribution in [0.1, 0.15) is 64.9 Å². The first-order valence-electron chi connectivity index (χ1n) is 10.2. The molecule has 7 heteroatoms. The maximum atomic E-state index is 13.3. The summed E-state index contributed by atoms with van der Waals surface area (Å²) in [5.41, 5.74) is 1.22. The summed E-state index contributed by atoms with van der Waals surface area (Å²) in [7, 11) is -4.09. The van der Waals surface area contributed by atoms with E-state index in [4.69, 9.17) is 4.74 Å². The highest BCUT2D eigenvalue weighted by atomic mass is 32.2. The first-order chi connectivity index (χ1) is 14.2. The van der Waals surface area contributed by atoms with Crippen LogP contribution in [0.25, 0.3) is 0 Å². The fourth-order valence-corrected chi connectivity index (χ4v) is 4.35. The summed E-state index contributed by atoms with van der Waals surface area (Å²) in [6, 6.07) is 12.5. The van der Waals surface area contributed by atoms with E-state index in [0.29, 0.717) is 25.0 Å². The van der Waals surface area contributed by atoms with E-state index in [-0.39, 0.29) is 28.9 Å². The van der Waals surface area contributed by atoms with Gasteiger partial charge >= 0.3 is 5.97 Å². The van der Waals surface area contributed by atoms with E-state index < -0.39 is 15.9 Å². The molecule has 0 N–H and O–H groups in total. The van der Waals surface area contributed by atoms with Gasteiger partial charge in [0.2, 0.25) is 5.91 Å². The number of carbonyl (C=O) groups is 2. The molecule has 0 atom stereocenters. The number of rotatable bonds is 9. The third-order valence-corrected chi connectivity index (χ3v) is 6.30. The summed E-state index contributed by atoms with van der Waals surface area (Å²) in [6.45, 7) is 7.74. The number of anilines is 1. The molecule has 6 nitrogen and oxygen atoms in total. The van der Waals surface area contributed by atoms with Gasteiger partial charge in [-0.1, -0.05) is 39.8 Å². The summed E-state index contributed by atoms with van der Waals surface area (Å²) in [5, 5.41) is 0. The van der Waals surface area contributed by atoms with Crippen molar-refractivity contribution in [3.8, 4) is 5.75 Å².